The highest BCUT2D eigenvalue weighted by molar-refractivity contribution is 5.82. The third-order valence-corrected chi connectivity index (χ3v) is 3.33. The van der Waals surface area contributed by atoms with Gasteiger partial charge in [-0.3, -0.25) is 4.79 Å². The topological polar surface area (TPSA) is 29.1 Å². The molecule has 1 rings (SSSR count). The van der Waals surface area contributed by atoms with E-state index in [4.69, 9.17) is 0 Å². The molecule has 0 aromatic rings. The van der Waals surface area contributed by atoms with E-state index in [0.717, 1.165) is 0 Å². The Bertz CT molecular complexity index is 264. The largest absolute Gasteiger partial charge is 0.391 e. The van der Waals surface area contributed by atoms with Crippen molar-refractivity contribution in [2.45, 2.75) is 45.7 Å². The van der Waals surface area contributed by atoms with Crippen LogP contribution in [0.4, 0.5) is 13.2 Å². The molecule has 1 amide bonds. The third-order valence-electron chi connectivity index (χ3n) is 3.33. The summed E-state index contributed by atoms with van der Waals surface area (Å²) >= 11 is 0. The van der Waals surface area contributed by atoms with Crippen molar-refractivity contribution in [1.82, 2.24) is 5.32 Å². The van der Waals surface area contributed by atoms with Crippen LogP contribution in [-0.4, -0.2) is 18.6 Å². The number of rotatable bonds is 2. The number of carbonyl (C=O) groups excluding carboxylic acids is 1. The van der Waals surface area contributed by atoms with Crippen LogP contribution < -0.4 is 5.32 Å². The number of halogens is 3. The van der Waals surface area contributed by atoms with E-state index in [2.05, 4.69) is 5.32 Å². The first kappa shape index (κ1) is 13.3. The normalized spacial score (nSPS) is 31.2. The molecular weight excluding hydrogens is 219 g/mol. The molecule has 94 valence electrons. The van der Waals surface area contributed by atoms with E-state index in [1.54, 1.807) is 13.8 Å². The zero-order valence-corrected chi connectivity index (χ0v) is 9.66. The first-order valence-electron chi connectivity index (χ1n) is 5.64. The first-order chi connectivity index (χ1) is 7.29. The van der Waals surface area contributed by atoms with E-state index in [0.29, 0.717) is 19.4 Å². The Morgan fingerprint density at radius 3 is 2.62 bits per heavy atom. The smallest absolute Gasteiger partial charge is 0.356 e. The van der Waals surface area contributed by atoms with Crippen LogP contribution in [0.3, 0.4) is 0 Å². The Hall–Kier alpha value is -0.740. The Morgan fingerprint density at radius 1 is 1.50 bits per heavy atom. The molecule has 1 aliphatic rings. The number of alkyl halides is 3. The van der Waals surface area contributed by atoms with Gasteiger partial charge in [-0.15, -0.1) is 0 Å². The molecule has 2 nitrogen and oxygen atoms in total. The van der Waals surface area contributed by atoms with Gasteiger partial charge >= 0.3 is 6.18 Å². The summed E-state index contributed by atoms with van der Waals surface area (Å²) in [6, 6.07) is 0. The van der Waals surface area contributed by atoms with E-state index >= 15 is 0 Å². The van der Waals surface area contributed by atoms with Gasteiger partial charge in [-0.05, 0) is 26.2 Å². The van der Waals surface area contributed by atoms with Gasteiger partial charge in [-0.25, -0.2) is 0 Å². The lowest BCUT2D eigenvalue weighted by Crippen LogP contribution is -2.44. The fourth-order valence-electron chi connectivity index (χ4n) is 2.35. The number of hydrogen-bond donors (Lipinski definition) is 1. The second-order valence-electron chi connectivity index (χ2n) is 4.76. The monoisotopic (exact) mass is 237 g/mol. The van der Waals surface area contributed by atoms with Gasteiger partial charge in [-0.2, -0.15) is 13.2 Å². The van der Waals surface area contributed by atoms with Crippen molar-refractivity contribution in [3.8, 4) is 0 Å². The standard InChI is InChI=1S/C11H18F3NO/c1-3-15-9(16)10(2)6-4-5-8(7-10)11(12,13)14/h8H,3-7H2,1-2H3,(H,15,16)/t8-,10+/m1/s1. The van der Waals surface area contributed by atoms with Gasteiger partial charge in [0.1, 0.15) is 0 Å². The highest BCUT2D eigenvalue weighted by Gasteiger charge is 2.48. The van der Waals surface area contributed by atoms with E-state index in [-0.39, 0.29) is 18.7 Å². The number of hydrogen-bond acceptors (Lipinski definition) is 1. The average molecular weight is 237 g/mol. The third kappa shape index (κ3) is 2.89. The van der Waals surface area contributed by atoms with E-state index in [1.165, 1.54) is 0 Å². The van der Waals surface area contributed by atoms with Gasteiger partial charge in [0.05, 0.1) is 5.92 Å². The molecule has 0 spiro atoms. The summed E-state index contributed by atoms with van der Waals surface area (Å²) in [5, 5.41) is 2.62. The summed E-state index contributed by atoms with van der Waals surface area (Å²) in [5.74, 6) is -1.57. The molecule has 0 aromatic carbocycles. The molecule has 0 heterocycles. The predicted molar refractivity (Wildman–Crippen MR) is 54.8 cm³/mol. The van der Waals surface area contributed by atoms with Crippen LogP contribution in [0, 0.1) is 11.3 Å². The molecule has 0 radical (unpaired) electrons. The van der Waals surface area contributed by atoms with Crippen LogP contribution in [0.1, 0.15) is 39.5 Å². The van der Waals surface area contributed by atoms with Crippen LogP contribution in [0.15, 0.2) is 0 Å². The molecule has 0 aliphatic heterocycles. The lowest BCUT2D eigenvalue weighted by Gasteiger charge is -2.37. The maximum atomic E-state index is 12.6. The summed E-state index contributed by atoms with van der Waals surface area (Å²) in [6.07, 6.45) is -3.09. The molecule has 0 unspecified atom stereocenters. The number of amides is 1. The van der Waals surface area contributed by atoms with Gasteiger partial charge < -0.3 is 5.32 Å². The molecule has 1 N–H and O–H groups in total. The van der Waals surface area contributed by atoms with Crippen molar-refractivity contribution in [2.24, 2.45) is 11.3 Å². The zero-order valence-electron chi connectivity index (χ0n) is 9.66. The molecule has 5 heteroatoms. The van der Waals surface area contributed by atoms with Crippen molar-refractivity contribution < 1.29 is 18.0 Å². The van der Waals surface area contributed by atoms with Crippen molar-refractivity contribution in [3.05, 3.63) is 0 Å². The van der Waals surface area contributed by atoms with E-state index in [1.807, 2.05) is 0 Å². The molecule has 16 heavy (non-hydrogen) atoms. The van der Waals surface area contributed by atoms with Crippen LogP contribution in [0.25, 0.3) is 0 Å². The minimum absolute atomic E-state index is 0.0810. The molecule has 0 bridgehead atoms. The van der Waals surface area contributed by atoms with Crippen LogP contribution in [-0.2, 0) is 4.79 Å². The molecule has 1 aliphatic carbocycles. The van der Waals surface area contributed by atoms with Crippen molar-refractivity contribution in [3.63, 3.8) is 0 Å². The second-order valence-corrected chi connectivity index (χ2v) is 4.76. The summed E-state index contributed by atoms with van der Waals surface area (Å²) < 4.78 is 37.8. The average Bonchev–Trinajstić information content (AvgIpc) is 2.17. The summed E-state index contributed by atoms with van der Waals surface area (Å²) in [6.45, 7) is 3.87. The summed E-state index contributed by atoms with van der Waals surface area (Å²) in [5.41, 5.74) is -0.853. The van der Waals surface area contributed by atoms with E-state index in [9.17, 15) is 18.0 Å². The highest BCUT2D eigenvalue weighted by atomic mass is 19.4. The minimum atomic E-state index is -4.17. The van der Waals surface area contributed by atoms with Crippen LogP contribution >= 0.6 is 0 Å². The Balaban J connectivity index is 2.72. The van der Waals surface area contributed by atoms with Gasteiger partial charge in [-0.1, -0.05) is 13.3 Å². The molecule has 0 aromatic heterocycles. The van der Waals surface area contributed by atoms with E-state index < -0.39 is 17.5 Å². The molecule has 1 saturated carbocycles. The van der Waals surface area contributed by atoms with Crippen molar-refractivity contribution in [2.75, 3.05) is 6.54 Å². The fraction of sp³-hybridized carbons (Fsp3) is 0.909. The lowest BCUT2D eigenvalue weighted by molar-refractivity contribution is -0.192. The lowest BCUT2D eigenvalue weighted by atomic mass is 9.70. The van der Waals surface area contributed by atoms with Gasteiger partial charge in [0.15, 0.2) is 0 Å². The fourth-order valence-corrected chi connectivity index (χ4v) is 2.35. The summed E-state index contributed by atoms with van der Waals surface area (Å²) in [7, 11) is 0. The molecule has 0 saturated heterocycles. The summed E-state index contributed by atoms with van der Waals surface area (Å²) in [4.78, 5) is 11.7. The van der Waals surface area contributed by atoms with Crippen molar-refractivity contribution >= 4 is 5.91 Å². The van der Waals surface area contributed by atoms with Crippen LogP contribution in [0.5, 0.6) is 0 Å². The second kappa shape index (κ2) is 4.63. The minimum Gasteiger partial charge on any atom is -0.356 e. The Morgan fingerprint density at radius 2 is 2.12 bits per heavy atom. The van der Waals surface area contributed by atoms with Gasteiger partial charge in [0, 0.05) is 12.0 Å². The van der Waals surface area contributed by atoms with Crippen LogP contribution in [0.2, 0.25) is 0 Å². The van der Waals surface area contributed by atoms with Gasteiger partial charge in [0.2, 0.25) is 5.91 Å². The SMILES string of the molecule is CCNC(=O)[C@@]1(C)CCC[C@@H](C(F)(F)F)C1. The van der Waals surface area contributed by atoms with Crippen molar-refractivity contribution in [1.29, 1.82) is 0 Å². The maximum absolute atomic E-state index is 12.6. The maximum Gasteiger partial charge on any atom is 0.391 e. The first-order valence-corrected chi connectivity index (χ1v) is 5.64. The Kier molecular flexibility index (Phi) is 3.86. The Labute approximate surface area is 93.6 Å². The molecule has 1 fully saturated rings. The highest BCUT2D eigenvalue weighted by Crippen LogP contribution is 2.45. The molecular formula is C11H18F3NO. The quantitative estimate of drug-likeness (QED) is 0.786. The number of nitrogens with one attached hydrogen (secondary N) is 1. The van der Waals surface area contributed by atoms with Gasteiger partial charge in [0.25, 0.3) is 0 Å². The zero-order chi connectivity index (χ0) is 12.4. The number of carbonyl (C=O) groups is 1. The molecule has 2 atom stereocenters. The predicted octanol–water partition coefficient (Wildman–Crippen LogP) is 2.88.